The van der Waals surface area contributed by atoms with E-state index in [9.17, 15) is 4.79 Å². The number of carbonyl (C=O) groups excluding carboxylic acids is 1. The molecule has 1 aromatic carbocycles. The van der Waals surface area contributed by atoms with E-state index < -0.39 is 0 Å². The summed E-state index contributed by atoms with van der Waals surface area (Å²) in [6.45, 7) is 7.33. The van der Waals surface area contributed by atoms with Gasteiger partial charge in [-0.3, -0.25) is 4.79 Å². The van der Waals surface area contributed by atoms with E-state index >= 15 is 0 Å². The lowest BCUT2D eigenvalue weighted by atomic mass is 10.0. The zero-order valence-corrected chi connectivity index (χ0v) is 10.9. The predicted octanol–water partition coefficient (Wildman–Crippen LogP) is 2.17. The molecule has 1 unspecified atom stereocenters. The van der Waals surface area contributed by atoms with Crippen LogP contribution in [0.15, 0.2) is 24.3 Å². The molecule has 0 heterocycles. The lowest BCUT2D eigenvalue weighted by Gasteiger charge is -2.16. The van der Waals surface area contributed by atoms with Crippen molar-refractivity contribution in [2.45, 2.75) is 33.2 Å². The Morgan fingerprint density at radius 1 is 1.35 bits per heavy atom. The number of amides is 1. The molecule has 0 aromatic heterocycles. The van der Waals surface area contributed by atoms with Gasteiger partial charge in [0.05, 0.1) is 6.54 Å². The highest BCUT2D eigenvalue weighted by atomic mass is 16.1. The van der Waals surface area contributed by atoms with Gasteiger partial charge in [0.1, 0.15) is 0 Å². The molecule has 1 amide bonds. The molecule has 0 bridgehead atoms. The highest BCUT2D eigenvalue weighted by molar-refractivity contribution is 5.77. The maximum absolute atomic E-state index is 11.4. The molecule has 3 heteroatoms. The van der Waals surface area contributed by atoms with E-state index in [1.54, 1.807) is 0 Å². The molecule has 17 heavy (non-hydrogen) atoms. The number of rotatable bonds is 6. The van der Waals surface area contributed by atoms with Gasteiger partial charge < -0.3 is 10.6 Å². The van der Waals surface area contributed by atoms with Crippen molar-refractivity contribution in [1.82, 2.24) is 10.6 Å². The first-order valence-corrected chi connectivity index (χ1v) is 6.20. The Bertz CT molecular complexity index is 363. The summed E-state index contributed by atoms with van der Waals surface area (Å²) in [6.07, 6.45) is 0.971. The van der Waals surface area contributed by atoms with Gasteiger partial charge in [0, 0.05) is 12.6 Å². The van der Waals surface area contributed by atoms with Crippen molar-refractivity contribution in [2.75, 3.05) is 13.1 Å². The molecule has 0 spiro atoms. The van der Waals surface area contributed by atoms with Crippen molar-refractivity contribution < 1.29 is 4.79 Å². The van der Waals surface area contributed by atoms with Gasteiger partial charge in [-0.1, -0.05) is 31.2 Å². The first-order chi connectivity index (χ1) is 8.15. The van der Waals surface area contributed by atoms with Gasteiger partial charge in [-0.05, 0) is 31.4 Å². The Labute approximate surface area is 104 Å². The minimum absolute atomic E-state index is 0.0623. The third kappa shape index (κ3) is 4.57. The maximum atomic E-state index is 11.4. The van der Waals surface area contributed by atoms with Gasteiger partial charge >= 0.3 is 0 Å². The average Bonchev–Trinajstić information content (AvgIpc) is 2.34. The monoisotopic (exact) mass is 234 g/mol. The van der Waals surface area contributed by atoms with Crippen LogP contribution in [-0.4, -0.2) is 19.0 Å². The molecule has 94 valence electrons. The lowest BCUT2D eigenvalue weighted by Crippen LogP contribution is -2.35. The number of aryl methyl sites for hydroxylation is 1. The Morgan fingerprint density at radius 3 is 2.71 bits per heavy atom. The van der Waals surface area contributed by atoms with Crippen LogP contribution in [0.1, 0.15) is 37.4 Å². The minimum Gasteiger partial charge on any atom is -0.355 e. The molecule has 0 aliphatic heterocycles. The summed E-state index contributed by atoms with van der Waals surface area (Å²) in [7, 11) is 0. The van der Waals surface area contributed by atoms with Crippen LogP contribution in [0, 0.1) is 6.92 Å². The zero-order valence-electron chi connectivity index (χ0n) is 10.9. The fourth-order valence-electron chi connectivity index (χ4n) is 1.76. The molecule has 3 nitrogen and oxygen atoms in total. The Morgan fingerprint density at radius 2 is 2.06 bits per heavy atom. The van der Waals surface area contributed by atoms with E-state index in [0.29, 0.717) is 6.54 Å². The number of benzene rings is 1. The molecule has 2 N–H and O–H groups in total. The fourth-order valence-corrected chi connectivity index (χ4v) is 1.76. The lowest BCUT2D eigenvalue weighted by molar-refractivity contribution is -0.120. The summed E-state index contributed by atoms with van der Waals surface area (Å²) >= 11 is 0. The van der Waals surface area contributed by atoms with Crippen LogP contribution in [0.3, 0.4) is 0 Å². The van der Waals surface area contributed by atoms with Crippen LogP contribution in [0.4, 0.5) is 0 Å². The summed E-state index contributed by atoms with van der Waals surface area (Å²) in [5.41, 5.74) is 2.50. The van der Waals surface area contributed by atoms with Gasteiger partial charge in [0.2, 0.25) is 5.91 Å². The van der Waals surface area contributed by atoms with E-state index in [2.05, 4.69) is 36.6 Å². The van der Waals surface area contributed by atoms with E-state index in [0.717, 1.165) is 13.0 Å². The van der Waals surface area contributed by atoms with Crippen LogP contribution < -0.4 is 10.6 Å². The van der Waals surface area contributed by atoms with E-state index in [1.165, 1.54) is 11.1 Å². The second kappa shape index (κ2) is 7.07. The molecule has 0 aliphatic rings. The quantitative estimate of drug-likeness (QED) is 0.792. The number of hydrogen-bond donors (Lipinski definition) is 2. The summed E-state index contributed by atoms with van der Waals surface area (Å²) in [6, 6.07) is 8.43. The van der Waals surface area contributed by atoms with Crippen LogP contribution >= 0.6 is 0 Å². The molecular weight excluding hydrogens is 212 g/mol. The summed E-state index contributed by atoms with van der Waals surface area (Å²) in [4.78, 5) is 11.4. The van der Waals surface area contributed by atoms with Crippen molar-refractivity contribution in [3.8, 4) is 0 Å². The number of hydrogen-bond acceptors (Lipinski definition) is 2. The smallest absolute Gasteiger partial charge is 0.233 e. The largest absolute Gasteiger partial charge is 0.355 e. The van der Waals surface area contributed by atoms with E-state index in [4.69, 9.17) is 0 Å². The molecule has 0 fully saturated rings. The fraction of sp³-hybridized carbons (Fsp3) is 0.500. The van der Waals surface area contributed by atoms with E-state index in [1.807, 2.05) is 19.1 Å². The van der Waals surface area contributed by atoms with Gasteiger partial charge in [0.15, 0.2) is 0 Å². The second-order valence-corrected chi connectivity index (χ2v) is 4.31. The third-order valence-electron chi connectivity index (χ3n) is 2.80. The summed E-state index contributed by atoms with van der Waals surface area (Å²) < 4.78 is 0. The Balaban J connectivity index is 2.42. The molecule has 0 radical (unpaired) electrons. The highest BCUT2D eigenvalue weighted by Crippen LogP contribution is 2.15. The summed E-state index contributed by atoms with van der Waals surface area (Å²) in [5, 5.41) is 6.09. The van der Waals surface area contributed by atoms with Crippen LogP contribution in [0.2, 0.25) is 0 Å². The molecule has 0 saturated carbocycles. The first-order valence-electron chi connectivity index (χ1n) is 6.20. The number of carbonyl (C=O) groups is 1. The standard InChI is InChI=1S/C14H22N2O/c1-4-9-15-14(17)10-16-12(3)13-8-6-5-7-11(13)2/h5-8,12,16H,4,9-10H2,1-3H3,(H,15,17). The molecule has 1 aromatic rings. The van der Waals surface area contributed by atoms with Crippen molar-refractivity contribution in [3.05, 3.63) is 35.4 Å². The highest BCUT2D eigenvalue weighted by Gasteiger charge is 2.08. The summed E-state index contributed by atoms with van der Waals surface area (Å²) in [5.74, 6) is 0.0623. The molecule has 0 aliphatic carbocycles. The van der Waals surface area contributed by atoms with Crippen molar-refractivity contribution >= 4 is 5.91 Å². The number of nitrogens with one attached hydrogen (secondary N) is 2. The van der Waals surface area contributed by atoms with Crippen LogP contribution in [-0.2, 0) is 4.79 Å². The SMILES string of the molecule is CCCNC(=O)CNC(C)c1ccccc1C. The zero-order chi connectivity index (χ0) is 12.7. The van der Waals surface area contributed by atoms with Gasteiger partial charge in [0.25, 0.3) is 0 Å². The first kappa shape index (κ1) is 13.7. The van der Waals surface area contributed by atoms with Gasteiger partial charge in [-0.25, -0.2) is 0 Å². The van der Waals surface area contributed by atoms with E-state index in [-0.39, 0.29) is 11.9 Å². The maximum Gasteiger partial charge on any atom is 0.233 e. The molecular formula is C14H22N2O. The Kier molecular flexibility index (Phi) is 5.70. The third-order valence-corrected chi connectivity index (χ3v) is 2.80. The normalized spacial score (nSPS) is 12.2. The van der Waals surface area contributed by atoms with Crippen LogP contribution in [0.5, 0.6) is 0 Å². The second-order valence-electron chi connectivity index (χ2n) is 4.31. The van der Waals surface area contributed by atoms with Crippen molar-refractivity contribution in [3.63, 3.8) is 0 Å². The topological polar surface area (TPSA) is 41.1 Å². The molecule has 0 saturated heterocycles. The molecule has 1 rings (SSSR count). The van der Waals surface area contributed by atoms with Crippen LogP contribution in [0.25, 0.3) is 0 Å². The Hall–Kier alpha value is -1.35. The minimum atomic E-state index is 0.0623. The van der Waals surface area contributed by atoms with Crippen molar-refractivity contribution in [1.29, 1.82) is 0 Å². The van der Waals surface area contributed by atoms with Gasteiger partial charge in [-0.2, -0.15) is 0 Å². The average molecular weight is 234 g/mol. The van der Waals surface area contributed by atoms with Crippen molar-refractivity contribution in [2.24, 2.45) is 0 Å². The van der Waals surface area contributed by atoms with Gasteiger partial charge in [-0.15, -0.1) is 0 Å². The molecule has 1 atom stereocenters. The predicted molar refractivity (Wildman–Crippen MR) is 70.9 cm³/mol.